The van der Waals surface area contributed by atoms with E-state index in [0.29, 0.717) is 51.1 Å². The number of hydrogen-bond acceptors (Lipinski definition) is 5. The lowest BCUT2D eigenvalue weighted by molar-refractivity contribution is -0.134. The first-order chi connectivity index (χ1) is 20.2. The number of hydrogen-bond donors (Lipinski definition) is 0. The van der Waals surface area contributed by atoms with Crippen molar-refractivity contribution in [2.45, 2.75) is 97.1 Å². The van der Waals surface area contributed by atoms with Crippen molar-refractivity contribution in [2.24, 2.45) is 5.92 Å². The molecule has 43 heavy (non-hydrogen) atoms. The van der Waals surface area contributed by atoms with Crippen LogP contribution < -0.4 is 4.74 Å². The van der Waals surface area contributed by atoms with Crippen LogP contribution in [0.5, 0.6) is 5.75 Å². The molecule has 0 spiro atoms. The smallest absolute Gasteiger partial charge is 0.270 e. The van der Waals surface area contributed by atoms with Crippen molar-refractivity contribution in [3.63, 3.8) is 0 Å². The Morgan fingerprint density at radius 1 is 0.953 bits per heavy atom. The van der Waals surface area contributed by atoms with Gasteiger partial charge in [0.2, 0.25) is 5.91 Å². The molecule has 1 aromatic heterocycles. The lowest BCUT2D eigenvalue weighted by atomic mass is 10.1. The van der Waals surface area contributed by atoms with Crippen molar-refractivity contribution >= 4 is 47.0 Å². The van der Waals surface area contributed by atoms with E-state index in [9.17, 15) is 9.59 Å². The Bertz CT molecular complexity index is 1320. The molecule has 8 nitrogen and oxygen atoms in total. The summed E-state index contributed by atoms with van der Waals surface area (Å²) in [6.45, 7) is 21.3. The van der Waals surface area contributed by atoms with Gasteiger partial charge in [0.25, 0.3) is 5.91 Å². The summed E-state index contributed by atoms with van der Waals surface area (Å²) in [6.07, 6.45) is 4.21. The van der Waals surface area contributed by atoms with Gasteiger partial charge in [0, 0.05) is 63.2 Å². The summed E-state index contributed by atoms with van der Waals surface area (Å²) in [5.74, 6) is 1.32. The summed E-state index contributed by atoms with van der Waals surface area (Å²) in [5.41, 5.74) is 1.67. The molecule has 0 bridgehead atoms. The van der Waals surface area contributed by atoms with Gasteiger partial charge < -0.3 is 28.4 Å². The van der Waals surface area contributed by atoms with E-state index in [2.05, 4.69) is 85.2 Å². The molecule has 238 valence electrons. The van der Waals surface area contributed by atoms with Gasteiger partial charge in [-0.05, 0) is 91.8 Å². The highest BCUT2D eigenvalue weighted by atomic mass is 79.9. The maximum absolute atomic E-state index is 14.0. The van der Waals surface area contributed by atoms with Crippen LogP contribution in [0.1, 0.15) is 70.8 Å². The molecule has 1 aromatic carbocycles. The number of likely N-dealkylation sites (tertiary alicyclic amines) is 1. The maximum atomic E-state index is 14.0. The van der Waals surface area contributed by atoms with E-state index in [4.69, 9.17) is 9.16 Å². The normalized spacial score (nSPS) is 19.5. The summed E-state index contributed by atoms with van der Waals surface area (Å²) in [7, 11) is -1.94. The summed E-state index contributed by atoms with van der Waals surface area (Å²) in [5, 5.41) is 1.11. The summed E-state index contributed by atoms with van der Waals surface area (Å²) >= 11 is 3.79. The lowest BCUT2D eigenvalue weighted by Gasteiger charge is -2.36. The summed E-state index contributed by atoms with van der Waals surface area (Å²) in [4.78, 5) is 33.0. The molecular weight excluding hydrogens is 624 g/mol. The number of halogens is 1. The molecule has 0 unspecified atom stereocenters. The molecule has 0 radical (unpaired) electrons. The molecule has 3 fully saturated rings. The molecule has 2 aliphatic heterocycles. The zero-order valence-corrected chi connectivity index (χ0v) is 29.8. The Morgan fingerprint density at radius 3 is 2.16 bits per heavy atom. The Hall–Kier alpha value is -1.88. The zero-order valence-electron chi connectivity index (χ0n) is 27.2. The second kappa shape index (κ2) is 12.8. The predicted octanol–water partition coefficient (Wildman–Crippen LogP) is 6.37. The minimum atomic E-state index is -1.94. The first-order valence-corrected chi connectivity index (χ1v) is 19.9. The number of carbonyl (C=O) groups excluding carboxylic acids is 2. The Labute approximate surface area is 267 Å². The largest absolute Gasteiger partial charge is 0.489 e. The number of amides is 2. The van der Waals surface area contributed by atoms with Gasteiger partial charge in [0.05, 0.1) is 16.6 Å². The van der Waals surface area contributed by atoms with E-state index in [1.807, 2.05) is 15.9 Å². The molecule has 2 saturated heterocycles. The highest BCUT2D eigenvalue weighted by molar-refractivity contribution is 9.10. The fourth-order valence-electron chi connectivity index (χ4n) is 5.95. The van der Waals surface area contributed by atoms with Crippen molar-refractivity contribution in [1.82, 2.24) is 19.3 Å². The van der Waals surface area contributed by atoms with Gasteiger partial charge in [0.15, 0.2) is 8.32 Å². The van der Waals surface area contributed by atoms with E-state index >= 15 is 0 Å². The van der Waals surface area contributed by atoms with E-state index in [-0.39, 0.29) is 28.9 Å². The van der Waals surface area contributed by atoms with E-state index in [1.54, 1.807) is 0 Å². The fourth-order valence-corrected chi connectivity index (χ4v) is 7.41. The molecule has 1 saturated carbocycles. The first kappa shape index (κ1) is 32.5. The molecule has 2 amide bonds. The number of rotatable bonds is 9. The lowest BCUT2D eigenvalue weighted by Crippen LogP contribution is -2.51. The molecule has 3 aliphatic rings. The molecule has 5 rings (SSSR count). The molecule has 0 atom stereocenters. The van der Waals surface area contributed by atoms with Crippen LogP contribution in [-0.2, 0) is 15.8 Å². The Kier molecular flexibility index (Phi) is 9.71. The minimum Gasteiger partial charge on any atom is -0.489 e. The fraction of sp³-hybridized carbons (Fsp3) is 0.697. The number of aromatic nitrogens is 1. The second-order valence-corrected chi connectivity index (χ2v) is 20.1. The van der Waals surface area contributed by atoms with Gasteiger partial charge in [-0.1, -0.05) is 20.8 Å². The van der Waals surface area contributed by atoms with Gasteiger partial charge in [0.1, 0.15) is 17.5 Å². The van der Waals surface area contributed by atoms with Crippen LogP contribution in [0.25, 0.3) is 10.9 Å². The zero-order chi connectivity index (χ0) is 31.1. The monoisotopic (exact) mass is 674 g/mol. The molecule has 10 heteroatoms. The van der Waals surface area contributed by atoms with E-state index < -0.39 is 8.32 Å². The molecule has 2 aromatic rings. The number of nitrogens with zero attached hydrogens (tertiary/aromatic N) is 4. The number of carbonyl (C=O) groups is 2. The van der Waals surface area contributed by atoms with Crippen molar-refractivity contribution in [3.05, 3.63) is 28.4 Å². The average Bonchev–Trinajstić information content (AvgIpc) is 3.75. The van der Waals surface area contributed by atoms with Crippen LogP contribution in [0.3, 0.4) is 0 Å². The first-order valence-electron chi connectivity index (χ1n) is 16.2. The number of ether oxygens (including phenoxy) is 1. The van der Waals surface area contributed by atoms with Crippen LogP contribution in [0.15, 0.2) is 22.7 Å². The molecule has 0 N–H and O–H groups in total. The van der Waals surface area contributed by atoms with Crippen molar-refractivity contribution in [2.75, 3.05) is 45.9 Å². The van der Waals surface area contributed by atoms with Crippen molar-refractivity contribution < 1.29 is 18.8 Å². The third-order valence-electron chi connectivity index (χ3n) is 10.1. The third kappa shape index (κ3) is 7.34. The SMILES string of the molecule is CC(C)N1CCC(Oc2cc3cc(C(=O)N4CCN(C(=O)C5CC5)CC4)n(CCO[Si](C)(C)C(C)(C)C)c3cc2Br)CC1. The second-order valence-electron chi connectivity index (χ2n) is 14.5. The quantitative estimate of drug-likeness (QED) is 0.289. The highest BCUT2D eigenvalue weighted by Gasteiger charge is 2.38. The number of fused-ring (bicyclic) bond motifs is 1. The summed E-state index contributed by atoms with van der Waals surface area (Å²) < 4.78 is 16.1. The number of piperazine rings is 1. The number of benzene rings is 1. The Morgan fingerprint density at radius 2 is 1.58 bits per heavy atom. The minimum absolute atomic E-state index is 0.0155. The predicted molar refractivity (Wildman–Crippen MR) is 178 cm³/mol. The van der Waals surface area contributed by atoms with Crippen LogP contribution >= 0.6 is 15.9 Å². The standard InChI is InChI=1S/C33H51BrN4O4Si/c1-23(2)35-12-10-26(11-13-35)42-30-21-25-20-29(32(40)37-16-14-36(15-17-37)31(39)24-8-9-24)38(28(25)22-27(30)34)18-19-41-43(6,7)33(3,4)5/h20-24,26H,8-19H2,1-7H3. The van der Waals surface area contributed by atoms with Crippen LogP contribution in [0.2, 0.25) is 18.1 Å². The van der Waals surface area contributed by atoms with E-state index in [1.165, 1.54) is 0 Å². The average molecular weight is 676 g/mol. The van der Waals surface area contributed by atoms with E-state index in [0.717, 1.165) is 59.9 Å². The Balaban J connectivity index is 1.37. The topological polar surface area (TPSA) is 67.2 Å². The van der Waals surface area contributed by atoms with Gasteiger partial charge in [-0.15, -0.1) is 0 Å². The molecule has 1 aliphatic carbocycles. The van der Waals surface area contributed by atoms with Crippen molar-refractivity contribution in [1.29, 1.82) is 0 Å². The van der Waals surface area contributed by atoms with Gasteiger partial charge in [-0.3, -0.25) is 9.59 Å². The third-order valence-corrected chi connectivity index (χ3v) is 15.2. The highest BCUT2D eigenvalue weighted by Crippen LogP contribution is 2.38. The molecular formula is C33H51BrN4O4Si. The van der Waals surface area contributed by atoms with Gasteiger partial charge in [-0.25, -0.2) is 0 Å². The van der Waals surface area contributed by atoms with Crippen LogP contribution in [-0.4, -0.2) is 97.4 Å². The van der Waals surface area contributed by atoms with Gasteiger partial charge in [-0.2, -0.15) is 0 Å². The summed E-state index contributed by atoms with van der Waals surface area (Å²) in [6, 6.07) is 6.76. The molecule has 3 heterocycles. The number of piperidine rings is 1. The van der Waals surface area contributed by atoms with Crippen molar-refractivity contribution in [3.8, 4) is 5.75 Å². The maximum Gasteiger partial charge on any atom is 0.270 e. The van der Waals surface area contributed by atoms with Crippen LogP contribution in [0, 0.1) is 5.92 Å². The van der Waals surface area contributed by atoms with Gasteiger partial charge >= 0.3 is 0 Å². The van der Waals surface area contributed by atoms with Crippen LogP contribution in [0.4, 0.5) is 0 Å².